The molecule has 1 aromatic heterocycles. The summed E-state index contributed by atoms with van der Waals surface area (Å²) >= 11 is -2.45. The zero-order valence-electron chi connectivity index (χ0n) is 15.2. The summed E-state index contributed by atoms with van der Waals surface area (Å²) in [5.74, 6) is 1.10. The summed E-state index contributed by atoms with van der Waals surface area (Å²) in [6, 6.07) is 4.19. The quantitative estimate of drug-likeness (QED) is 0.421. The predicted molar refractivity (Wildman–Crippen MR) is 99.9 cm³/mol. The molecule has 0 radical (unpaired) electrons. The molecule has 0 aliphatic carbocycles. The maximum atomic E-state index is 5.97. The van der Waals surface area contributed by atoms with E-state index in [1.165, 1.54) is 55.5 Å². The Labute approximate surface area is 141 Å². The summed E-state index contributed by atoms with van der Waals surface area (Å²) in [5, 5.41) is 0. The fourth-order valence-corrected chi connectivity index (χ4v) is 19.3. The van der Waals surface area contributed by atoms with E-state index in [-0.39, 0.29) is 0 Å². The molecule has 0 saturated heterocycles. The number of hydrogen-bond donors (Lipinski definition) is 0. The van der Waals surface area contributed by atoms with Crippen LogP contribution in [0.1, 0.15) is 66.2 Å². The van der Waals surface area contributed by atoms with Gasteiger partial charge in [0.05, 0.1) is 0 Å². The number of pyridine rings is 1. The topological polar surface area (TPSA) is 22.1 Å². The Morgan fingerprint density at radius 2 is 1.45 bits per heavy atom. The van der Waals surface area contributed by atoms with E-state index in [0.29, 0.717) is 0 Å². The average Bonchev–Trinajstić information content (AvgIpc) is 2.56. The molecular formula is C19H35NOSn. The molecule has 2 nitrogen and oxygen atoms in total. The van der Waals surface area contributed by atoms with Crippen LogP contribution in [-0.4, -0.2) is 30.0 Å². The fraction of sp³-hybridized carbons (Fsp3) is 0.737. The molecule has 1 heterocycles. The van der Waals surface area contributed by atoms with Crippen molar-refractivity contribution < 1.29 is 4.74 Å². The van der Waals surface area contributed by atoms with Crippen molar-refractivity contribution in [2.75, 3.05) is 6.61 Å². The van der Waals surface area contributed by atoms with E-state index in [2.05, 4.69) is 33.8 Å². The molecule has 0 N–H and O–H groups in total. The van der Waals surface area contributed by atoms with Crippen LogP contribution in [0.2, 0.25) is 13.3 Å². The van der Waals surface area contributed by atoms with E-state index in [4.69, 9.17) is 9.72 Å². The first-order valence-corrected chi connectivity index (χ1v) is 16.8. The number of nitrogens with zero attached hydrogens (tertiary/aromatic N) is 1. The summed E-state index contributed by atoms with van der Waals surface area (Å²) in [6.45, 7) is 9.78. The third kappa shape index (κ3) is 5.75. The van der Waals surface area contributed by atoms with Crippen LogP contribution in [0, 0.1) is 0 Å². The van der Waals surface area contributed by atoms with Gasteiger partial charge in [-0.25, -0.2) is 0 Å². The van der Waals surface area contributed by atoms with Crippen molar-refractivity contribution in [3.8, 4) is 5.75 Å². The van der Waals surface area contributed by atoms with Crippen molar-refractivity contribution in [1.29, 1.82) is 0 Å². The molecular weight excluding hydrogens is 377 g/mol. The standard InChI is InChI=1S/C7H8NO.3C4H9.Sn/c1-2-9-7-4-3-5-8-6-7;3*1-3-4-2;/h3-5H,2H2,1H3;3*1,3-4H2,2H3;. The van der Waals surface area contributed by atoms with E-state index in [9.17, 15) is 0 Å². The van der Waals surface area contributed by atoms with Gasteiger partial charge >= 0.3 is 142 Å². The van der Waals surface area contributed by atoms with Gasteiger partial charge in [0.2, 0.25) is 0 Å². The molecule has 0 unspecified atom stereocenters. The number of ether oxygens (including phenoxy) is 1. The zero-order chi connectivity index (χ0) is 16.3. The van der Waals surface area contributed by atoms with E-state index >= 15 is 0 Å². The van der Waals surface area contributed by atoms with Gasteiger partial charge in [0.15, 0.2) is 0 Å². The molecule has 22 heavy (non-hydrogen) atoms. The van der Waals surface area contributed by atoms with Crippen LogP contribution >= 0.6 is 0 Å². The van der Waals surface area contributed by atoms with Crippen LogP contribution < -0.4 is 8.45 Å². The van der Waals surface area contributed by atoms with Crippen LogP contribution in [0.25, 0.3) is 0 Å². The van der Waals surface area contributed by atoms with Gasteiger partial charge in [-0.2, -0.15) is 0 Å². The summed E-state index contributed by atoms with van der Waals surface area (Å²) < 4.78 is 11.7. The maximum absolute atomic E-state index is 5.97. The molecule has 0 spiro atoms. The van der Waals surface area contributed by atoms with Crippen LogP contribution in [0.5, 0.6) is 5.75 Å². The summed E-state index contributed by atoms with van der Waals surface area (Å²) in [6.07, 6.45) is 9.99. The molecule has 1 rings (SSSR count). The Bertz CT molecular complexity index is 386. The first-order chi connectivity index (χ1) is 10.7. The number of unbranched alkanes of at least 4 members (excludes halogenated alkanes) is 3. The number of aromatic nitrogens is 1. The molecule has 126 valence electrons. The normalized spacial score (nSPS) is 11.6. The van der Waals surface area contributed by atoms with Gasteiger partial charge in [-0.05, 0) is 0 Å². The Morgan fingerprint density at radius 3 is 1.91 bits per heavy atom. The molecule has 0 aliphatic rings. The van der Waals surface area contributed by atoms with Gasteiger partial charge in [0, 0.05) is 0 Å². The third-order valence-corrected chi connectivity index (χ3v) is 19.8. The summed E-state index contributed by atoms with van der Waals surface area (Å²) in [4.78, 5) is 4.90. The Morgan fingerprint density at radius 1 is 0.909 bits per heavy atom. The molecule has 0 aromatic carbocycles. The first-order valence-electron chi connectivity index (χ1n) is 9.32. The molecule has 0 fully saturated rings. The number of hydrogen-bond acceptors (Lipinski definition) is 2. The fourth-order valence-electron chi connectivity index (χ4n) is 3.34. The summed E-state index contributed by atoms with van der Waals surface area (Å²) in [5.41, 5.74) is 0. The number of rotatable bonds is 12. The van der Waals surface area contributed by atoms with Crippen LogP contribution in [0.4, 0.5) is 0 Å². The van der Waals surface area contributed by atoms with E-state index in [1.54, 1.807) is 0 Å². The molecule has 0 aliphatic heterocycles. The second-order valence-electron chi connectivity index (χ2n) is 6.37. The molecule has 0 amide bonds. The molecule has 0 bridgehead atoms. The molecule has 0 saturated carbocycles. The Balaban J connectivity index is 3.18. The third-order valence-electron chi connectivity index (χ3n) is 4.60. The van der Waals surface area contributed by atoms with Crippen molar-refractivity contribution >= 4 is 22.1 Å². The van der Waals surface area contributed by atoms with Crippen LogP contribution in [0.15, 0.2) is 18.3 Å². The second kappa shape index (κ2) is 11.3. The minimum absolute atomic E-state index is 0.746. The van der Waals surface area contributed by atoms with Crippen LogP contribution in [-0.2, 0) is 0 Å². The van der Waals surface area contributed by atoms with Gasteiger partial charge in [-0.3, -0.25) is 0 Å². The first kappa shape index (κ1) is 19.8. The van der Waals surface area contributed by atoms with Crippen molar-refractivity contribution in [1.82, 2.24) is 4.98 Å². The van der Waals surface area contributed by atoms with Crippen molar-refractivity contribution in [2.24, 2.45) is 0 Å². The van der Waals surface area contributed by atoms with Gasteiger partial charge in [0.25, 0.3) is 0 Å². The second-order valence-corrected chi connectivity index (χ2v) is 19.3. The molecule has 0 atom stereocenters. The van der Waals surface area contributed by atoms with Gasteiger partial charge in [-0.1, -0.05) is 0 Å². The van der Waals surface area contributed by atoms with E-state index in [0.717, 1.165) is 12.4 Å². The van der Waals surface area contributed by atoms with E-state index < -0.39 is 18.4 Å². The summed E-state index contributed by atoms with van der Waals surface area (Å²) in [7, 11) is 0. The van der Waals surface area contributed by atoms with Crippen molar-refractivity contribution in [3.05, 3.63) is 18.3 Å². The minimum atomic E-state index is -2.45. The van der Waals surface area contributed by atoms with Crippen molar-refractivity contribution in [2.45, 2.75) is 79.5 Å². The SMILES string of the molecule is CCC[CH2][Sn]([CH2]CCC)([CH2]CCC)[c]1ncccc1OCC. The van der Waals surface area contributed by atoms with Crippen LogP contribution in [0.3, 0.4) is 0 Å². The molecule has 1 aromatic rings. The monoisotopic (exact) mass is 413 g/mol. The predicted octanol–water partition coefficient (Wildman–Crippen LogP) is 5.54. The van der Waals surface area contributed by atoms with Gasteiger partial charge in [0.1, 0.15) is 0 Å². The Hall–Kier alpha value is -0.251. The Kier molecular flexibility index (Phi) is 10.2. The molecule has 3 heteroatoms. The van der Waals surface area contributed by atoms with E-state index in [1.807, 2.05) is 12.3 Å². The van der Waals surface area contributed by atoms with Gasteiger partial charge in [-0.15, -0.1) is 0 Å². The van der Waals surface area contributed by atoms with Crippen molar-refractivity contribution in [3.63, 3.8) is 0 Å². The average molecular weight is 412 g/mol. The zero-order valence-corrected chi connectivity index (χ0v) is 18.0. The van der Waals surface area contributed by atoms with Gasteiger partial charge < -0.3 is 0 Å².